The number of halogens is 4. The molecule has 0 spiro atoms. The minimum absolute atomic E-state index is 0.223. The molecule has 21 heavy (non-hydrogen) atoms. The second-order valence-electron chi connectivity index (χ2n) is 4.46. The average Bonchev–Trinajstić information content (AvgIpc) is 2.47. The highest BCUT2D eigenvalue weighted by Gasteiger charge is 2.30. The zero-order valence-corrected chi connectivity index (χ0v) is 11.3. The molecule has 0 fully saturated rings. The zero-order chi connectivity index (χ0) is 15.0. The molecule has 106 valence electrons. The lowest BCUT2D eigenvalue weighted by atomic mass is 10.0. The van der Waals surface area contributed by atoms with Crippen LogP contribution in [0.25, 0.3) is 22.0 Å². The molecule has 0 atom stereocenters. The van der Waals surface area contributed by atoms with Crippen molar-refractivity contribution in [3.63, 3.8) is 0 Å². The van der Waals surface area contributed by atoms with Crippen molar-refractivity contribution >= 4 is 22.4 Å². The summed E-state index contributed by atoms with van der Waals surface area (Å²) >= 11 is 5.97. The number of benzene rings is 2. The summed E-state index contributed by atoms with van der Waals surface area (Å²) in [7, 11) is 0. The van der Waals surface area contributed by atoms with Crippen molar-refractivity contribution in [3.05, 3.63) is 59.2 Å². The van der Waals surface area contributed by atoms with Crippen molar-refractivity contribution < 1.29 is 13.2 Å². The van der Waals surface area contributed by atoms with E-state index in [0.717, 1.165) is 12.1 Å². The summed E-state index contributed by atoms with van der Waals surface area (Å²) in [5.41, 5.74) is 0.00660. The lowest BCUT2D eigenvalue weighted by Crippen LogP contribution is -2.04. The Morgan fingerprint density at radius 2 is 1.57 bits per heavy atom. The molecule has 1 aromatic heterocycles. The third-order valence-corrected chi connectivity index (χ3v) is 3.38. The zero-order valence-electron chi connectivity index (χ0n) is 10.5. The van der Waals surface area contributed by atoms with Crippen LogP contribution in [0.1, 0.15) is 5.56 Å². The fraction of sp³-hybridized carbons (Fsp3) is 0.0667. The molecule has 0 amide bonds. The molecule has 0 aliphatic heterocycles. The Labute approximate surface area is 123 Å². The molecule has 0 bridgehead atoms. The van der Waals surface area contributed by atoms with Crippen molar-refractivity contribution in [3.8, 4) is 11.3 Å². The van der Waals surface area contributed by atoms with E-state index in [0.29, 0.717) is 22.0 Å². The van der Waals surface area contributed by atoms with Gasteiger partial charge in [-0.2, -0.15) is 13.2 Å². The van der Waals surface area contributed by atoms with Gasteiger partial charge in [0.25, 0.3) is 0 Å². The van der Waals surface area contributed by atoms with Gasteiger partial charge in [0.05, 0.1) is 5.56 Å². The number of nitrogens with zero attached hydrogens (tertiary/aromatic N) is 2. The molecule has 0 aliphatic carbocycles. The third kappa shape index (κ3) is 2.56. The predicted molar refractivity (Wildman–Crippen MR) is 75.0 cm³/mol. The fourth-order valence-corrected chi connectivity index (χ4v) is 2.33. The first-order valence-corrected chi connectivity index (χ1v) is 6.43. The summed E-state index contributed by atoms with van der Waals surface area (Å²) < 4.78 is 38.4. The summed E-state index contributed by atoms with van der Waals surface area (Å²) in [6, 6.07) is 12.1. The second-order valence-corrected chi connectivity index (χ2v) is 4.82. The van der Waals surface area contributed by atoms with Crippen LogP contribution in [0.2, 0.25) is 5.15 Å². The van der Waals surface area contributed by atoms with Gasteiger partial charge in [-0.1, -0.05) is 48.0 Å². The van der Waals surface area contributed by atoms with Crippen LogP contribution in [-0.4, -0.2) is 10.2 Å². The first kappa shape index (κ1) is 13.8. The minimum Gasteiger partial charge on any atom is -0.166 e. The Balaban J connectivity index is 2.24. The lowest BCUT2D eigenvalue weighted by molar-refractivity contribution is -0.137. The van der Waals surface area contributed by atoms with Gasteiger partial charge < -0.3 is 0 Å². The molecule has 2 nitrogen and oxygen atoms in total. The Kier molecular flexibility index (Phi) is 3.29. The highest BCUT2D eigenvalue weighted by atomic mass is 35.5. The fourth-order valence-electron chi connectivity index (χ4n) is 2.13. The van der Waals surface area contributed by atoms with E-state index in [1.807, 2.05) is 0 Å². The second kappa shape index (κ2) is 5.00. The maximum atomic E-state index is 12.8. The Hall–Kier alpha value is -2.14. The molecular weight excluding hydrogens is 301 g/mol. The SMILES string of the molecule is FC(F)(F)c1cccc(-c2nnc(Cl)c3ccccc23)c1. The van der Waals surface area contributed by atoms with Crippen molar-refractivity contribution in [1.29, 1.82) is 0 Å². The van der Waals surface area contributed by atoms with Crippen molar-refractivity contribution in [2.45, 2.75) is 6.18 Å². The van der Waals surface area contributed by atoms with Crippen LogP contribution in [0.15, 0.2) is 48.5 Å². The average molecular weight is 309 g/mol. The van der Waals surface area contributed by atoms with Gasteiger partial charge >= 0.3 is 6.18 Å². The number of hydrogen-bond donors (Lipinski definition) is 0. The van der Waals surface area contributed by atoms with Crippen LogP contribution >= 0.6 is 11.6 Å². The van der Waals surface area contributed by atoms with E-state index in [1.165, 1.54) is 6.07 Å². The molecule has 3 rings (SSSR count). The van der Waals surface area contributed by atoms with Crippen LogP contribution in [0.4, 0.5) is 13.2 Å². The van der Waals surface area contributed by atoms with Crippen molar-refractivity contribution in [2.75, 3.05) is 0 Å². The Bertz CT molecular complexity index is 815. The topological polar surface area (TPSA) is 25.8 Å². The molecule has 0 saturated carbocycles. The number of aromatic nitrogens is 2. The van der Waals surface area contributed by atoms with E-state index < -0.39 is 11.7 Å². The van der Waals surface area contributed by atoms with Gasteiger partial charge in [-0.3, -0.25) is 0 Å². The summed E-state index contributed by atoms with van der Waals surface area (Å²) in [6.45, 7) is 0. The molecule has 3 aromatic rings. The Morgan fingerprint density at radius 1 is 0.857 bits per heavy atom. The van der Waals surface area contributed by atoms with Gasteiger partial charge in [0.1, 0.15) is 5.69 Å². The number of rotatable bonds is 1. The monoisotopic (exact) mass is 308 g/mol. The van der Waals surface area contributed by atoms with E-state index in [2.05, 4.69) is 10.2 Å². The standard InChI is InChI=1S/C15H8ClF3N2/c16-14-12-7-2-1-6-11(12)13(20-21-14)9-4-3-5-10(8-9)15(17,18)19/h1-8H. The third-order valence-electron chi connectivity index (χ3n) is 3.11. The summed E-state index contributed by atoms with van der Waals surface area (Å²) in [5.74, 6) is 0. The largest absolute Gasteiger partial charge is 0.416 e. The van der Waals surface area contributed by atoms with E-state index in [-0.39, 0.29) is 5.15 Å². The van der Waals surface area contributed by atoms with Crippen LogP contribution in [0.5, 0.6) is 0 Å². The minimum atomic E-state index is -4.40. The first-order valence-electron chi connectivity index (χ1n) is 6.05. The number of alkyl halides is 3. The van der Waals surface area contributed by atoms with Crippen LogP contribution in [-0.2, 0) is 6.18 Å². The molecule has 0 saturated heterocycles. The smallest absolute Gasteiger partial charge is 0.166 e. The van der Waals surface area contributed by atoms with Gasteiger partial charge in [0.15, 0.2) is 5.15 Å². The maximum Gasteiger partial charge on any atom is 0.416 e. The van der Waals surface area contributed by atoms with Crippen LogP contribution in [0, 0.1) is 0 Å². The van der Waals surface area contributed by atoms with Crippen LogP contribution in [0.3, 0.4) is 0 Å². The van der Waals surface area contributed by atoms with Gasteiger partial charge in [-0.05, 0) is 12.1 Å². The normalized spacial score (nSPS) is 11.8. The summed E-state index contributed by atoms with van der Waals surface area (Å²) in [5, 5.41) is 9.30. The lowest BCUT2D eigenvalue weighted by Gasteiger charge is -2.10. The van der Waals surface area contributed by atoms with Gasteiger partial charge in [0, 0.05) is 16.3 Å². The maximum absolute atomic E-state index is 12.8. The molecule has 1 heterocycles. The van der Waals surface area contributed by atoms with Gasteiger partial charge in [0.2, 0.25) is 0 Å². The predicted octanol–water partition coefficient (Wildman–Crippen LogP) is 4.97. The van der Waals surface area contributed by atoms with Gasteiger partial charge in [-0.15, -0.1) is 10.2 Å². The summed E-state index contributed by atoms with van der Waals surface area (Å²) in [6.07, 6.45) is -4.40. The molecule has 0 aliphatic rings. The van der Waals surface area contributed by atoms with E-state index in [4.69, 9.17) is 11.6 Å². The number of fused-ring (bicyclic) bond motifs is 1. The molecule has 0 N–H and O–H groups in total. The van der Waals surface area contributed by atoms with Crippen LogP contribution < -0.4 is 0 Å². The molecule has 6 heteroatoms. The molecule has 0 radical (unpaired) electrons. The quantitative estimate of drug-likeness (QED) is 0.634. The van der Waals surface area contributed by atoms with Crippen molar-refractivity contribution in [1.82, 2.24) is 10.2 Å². The summed E-state index contributed by atoms with van der Waals surface area (Å²) in [4.78, 5) is 0. The molecule has 0 unspecified atom stereocenters. The van der Waals surface area contributed by atoms with Crippen molar-refractivity contribution in [2.24, 2.45) is 0 Å². The van der Waals surface area contributed by atoms with E-state index >= 15 is 0 Å². The highest BCUT2D eigenvalue weighted by Crippen LogP contribution is 2.34. The highest BCUT2D eigenvalue weighted by molar-refractivity contribution is 6.34. The number of hydrogen-bond acceptors (Lipinski definition) is 2. The van der Waals surface area contributed by atoms with Gasteiger partial charge in [-0.25, -0.2) is 0 Å². The van der Waals surface area contributed by atoms with E-state index in [1.54, 1.807) is 30.3 Å². The Morgan fingerprint density at radius 3 is 2.29 bits per heavy atom. The first-order chi connectivity index (χ1) is 9.97. The molecular formula is C15H8ClF3N2. The van der Waals surface area contributed by atoms with E-state index in [9.17, 15) is 13.2 Å². The molecule has 2 aromatic carbocycles.